The van der Waals surface area contributed by atoms with E-state index >= 15 is 0 Å². The van der Waals surface area contributed by atoms with E-state index in [2.05, 4.69) is 0 Å². The number of hydrogen-bond donors (Lipinski definition) is 10. The van der Waals surface area contributed by atoms with E-state index < -0.39 is 120 Å². The van der Waals surface area contributed by atoms with Gasteiger partial charge in [0, 0.05) is 54.4 Å². The van der Waals surface area contributed by atoms with Crippen LogP contribution in [0.15, 0.2) is 36.5 Å². The fourth-order valence-corrected chi connectivity index (χ4v) is 10.1. The van der Waals surface area contributed by atoms with Gasteiger partial charge >= 0.3 is 5.97 Å². The van der Waals surface area contributed by atoms with Gasteiger partial charge in [-0.1, -0.05) is 99.1 Å². The van der Waals surface area contributed by atoms with Gasteiger partial charge in [-0.2, -0.15) is 0 Å². The molecule has 10 N–H and O–H groups in total. The Balaban J connectivity index is 2.07. The van der Waals surface area contributed by atoms with Crippen molar-refractivity contribution in [3.63, 3.8) is 0 Å². The molecule has 2 fully saturated rings. The third kappa shape index (κ3) is 13.0. The highest BCUT2D eigenvalue weighted by atomic mass is 16.8. The van der Waals surface area contributed by atoms with Crippen LogP contribution in [0.3, 0.4) is 0 Å². The van der Waals surface area contributed by atoms with Crippen LogP contribution in [0.25, 0.3) is 0 Å². The highest BCUT2D eigenvalue weighted by Gasteiger charge is 2.61. The van der Waals surface area contributed by atoms with E-state index in [-0.39, 0.29) is 30.6 Å². The first kappa shape index (κ1) is 54.5. The molecule has 0 aromatic heterocycles. The van der Waals surface area contributed by atoms with E-state index in [1.54, 1.807) is 47.6 Å². The molecule has 0 aliphatic carbocycles. The molecule has 0 saturated carbocycles. The molecule has 1 spiro atoms. The topological polar surface area (TPSA) is 247 Å². The van der Waals surface area contributed by atoms with Gasteiger partial charge in [0.15, 0.2) is 11.6 Å². The second-order valence-corrected chi connectivity index (χ2v) is 19.6. The lowest BCUT2D eigenvalue weighted by Crippen LogP contribution is -2.67. The van der Waals surface area contributed by atoms with E-state index in [4.69, 9.17) is 14.2 Å². The van der Waals surface area contributed by atoms with Crippen molar-refractivity contribution < 1.29 is 70.1 Å². The van der Waals surface area contributed by atoms with Crippen molar-refractivity contribution in [1.82, 2.24) is 0 Å². The molecule has 0 amide bonds. The van der Waals surface area contributed by atoms with Crippen LogP contribution in [0.2, 0.25) is 0 Å². The van der Waals surface area contributed by atoms with Gasteiger partial charge in [0.25, 0.3) is 0 Å². The number of fused-ring (bicyclic) bond motifs is 2. The summed E-state index contributed by atoms with van der Waals surface area (Å²) in [5, 5.41) is 112. The average molecular weight is 885 g/mol. The Morgan fingerprint density at radius 2 is 1.48 bits per heavy atom. The Bertz CT molecular complexity index is 1460. The van der Waals surface area contributed by atoms with Crippen LogP contribution < -0.4 is 0 Å². The summed E-state index contributed by atoms with van der Waals surface area (Å²) in [5.74, 6) is -7.94. The quantitative estimate of drug-likeness (QED) is 0.162. The summed E-state index contributed by atoms with van der Waals surface area (Å²) in [6, 6.07) is 0. The first-order chi connectivity index (χ1) is 28.9. The lowest BCUT2D eigenvalue weighted by Gasteiger charge is -2.58. The molecule has 3 rings (SSSR count). The molecule has 3 heterocycles. The normalized spacial score (nSPS) is 46.8. The first-order valence-electron chi connectivity index (χ1n) is 23.4. The Morgan fingerprint density at radius 1 is 0.823 bits per heavy atom. The monoisotopic (exact) mass is 885 g/mol. The van der Waals surface area contributed by atoms with Crippen molar-refractivity contribution in [2.24, 2.45) is 47.3 Å². The fourth-order valence-electron chi connectivity index (χ4n) is 10.1. The summed E-state index contributed by atoms with van der Waals surface area (Å²) >= 11 is 0. The maximum atomic E-state index is 13.7. The van der Waals surface area contributed by atoms with Crippen LogP contribution in [-0.4, -0.2) is 135 Å². The van der Waals surface area contributed by atoms with Crippen LogP contribution in [0.5, 0.6) is 0 Å². The zero-order valence-corrected chi connectivity index (χ0v) is 39.0. The predicted molar refractivity (Wildman–Crippen MR) is 235 cm³/mol. The fraction of sp³-hybridized carbons (Fsp3) is 0.854. The van der Waals surface area contributed by atoms with Crippen molar-refractivity contribution in [3.8, 4) is 0 Å². The smallest absolute Gasteiger partial charge is 0.330 e. The minimum absolute atomic E-state index is 0.0879. The first-order valence-corrected chi connectivity index (χ1v) is 23.4. The van der Waals surface area contributed by atoms with Gasteiger partial charge in [-0.25, -0.2) is 4.79 Å². The number of esters is 1. The maximum absolute atomic E-state index is 13.7. The molecule has 62 heavy (non-hydrogen) atoms. The molecule has 0 radical (unpaired) electrons. The summed E-state index contributed by atoms with van der Waals surface area (Å²) < 4.78 is 19.9. The molecular weight excluding hydrogens is 801 g/mol. The molecule has 0 aromatic carbocycles. The lowest BCUT2D eigenvalue weighted by molar-refractivity contribution is -0.444. The number of aliphatic hydroxyl groups is 10. The third-order valence-electron chi connectivity index (χ3n) is 14.7. The SMILES string of the molecule is CCCC1(O)C(O)C(C)C/C=C/C=C/C(CC(C)O)CCC2OC3(CCC(C)C(O)(C(C)C(O)CC)O3)C(C)C(OC(=O)/C=C/C(C)C(O)C(C)C(O)CC(O)C(O)C1O)C2C. The van der Waals surface area contributed by atoms with E-state index in [0.29, 0.717) is 44.9 Å². The summed E-state index contributed by atoms with van der Waals surface area (Å²) in [5.41, 5.74) is -2.20. The van der Waals surface area contributed by atoms with Crippen LogP contribution in [0.1, 0.15) is 133 Å². The van der Waals surface area contributed by atoms with Gasteiger partial charge in [-0.15, -0.1) is 0 Å². The largest absolute Gasteiger partial charge is 0.458 e. The number of rotatable bonds is 7. The van der Waals surface area contributed by atoms with E-state index in [0.717, 1.165) is 0 Å². The summed E-state index contributed by atoms with van der Waals surface area (Å²) in [6.45, 7) is 17.7. The van der Waals surface area contributed by atoms with Gasteiger partial charge in [-0.3, -0.25) is 0 Å². The van der Waals surface area contributed by atoms with Crippen LogP contribution in [0, 0.1) is 47.3 Å². The van der Waals surface area contributed by atoms with Crippen molar-refractivity contribution in [1.29, 1.82) is 0 Å². The summed E-state index contributed by atoms with van der Waals surface area (Å²) in [7, 11) is 0. The molecule has 360 valence electrons. The molecule has 21 atom stereocenters. The molecule has 14 nitrogen and oxygen atoms in total. The minimum Gasteiger partial charge on any atom is -0.458 e. The maximum Gasteiger partial charge on any atom is 0.330 e. The predicted octanol–water partition coefficient (Wildman–Crippen LogP) is 4.04. The molecular formula is C48H84O14. The Labute approximate surface area is 370 Å². The van der Waals surface area contributed by atoms with Crippen LogP contribution >= 0.6 is 0 Å². The third-order valence-corrected chi connectivity index (χ3v) is 14.7. The molecule has 3 aliphatic rings. The highest BCUT2D eigenvalue weighted by Crippen LogP contribution is 2.52. The zero-order chi connectivity index (χ0) is 46.9. The minimum atomic E-state index is -2.20. The zero-order valence-electron chi connectivity index (χ0n) is 39.0. The van der Waals surface area contributed by atoms with Gasteiger partial charge in [0.05, 0.1) is 42.7 Å². The Morgan fingerprint density at radius 3 is 2.10 bits per heavy atom. The number of allylic oxidation sites excluding steroid dienone is 4. The highest BCUT2D eigenvalue weighted by molar-refractivity contribution is 5.82. The van der Waals surface area contributed by atoms with Crippen molar-refractivity contribution in [3.05, 3.63) is 36.5 Å². The van der Waals surface area contributed by atoms with Crippen LogP contribution in [-0.2, 0) is 19.0 Å². The van der Waals surface area contributed by atoms with Crippen molar-refractivity contribution in [2.75, 3.05) is 0 Å². The van der Waals surface area contributed by atoms with Gasteiger partial charge < -0.3 is 65.3 Å². The van der Waals surface area contributed by atoms with Crippen LogP contribution in [0.4, 0.5) is 0 Å². The second-order valence-electron chi connectivity index (χ2n) is 19.6. The molecule has 2 bridgehead atoms. The van der Waals surface area contributed by atoms with E-state index in [9.17, 15) is 55.9 Å². The average Bonchev–Trinajstić information content (AvgIpc) is 3.23. The van der Waals surface area contributed by atoms with Crippen molar-refractivity contribution >= 4 is 5.97 Å². The molecule has 14 heteroatoms. The van der Waals surface area contributed by atoms with Gasteiger partial charge in [-0.05, 0) is 63.7 Å². The summed E-state index contributed by atoms with van der Waals surface area (Å²) in [6.07, 6.45) is 0.602. The summed E-state index contributed by atoms with van der Waals surface area (Å²) in [4.78, 5) is 13.7. The second kappa shape index (κ2) is 23.6. The lowest BCUT2D eigenvalue weighted by atomic mass is 9.72. The standard InChI is InChI=1S/C48H84O14/c1-11-23-46(58)44(56)28(4)16-14-13-15-17-35(25-30(6)49)19-20-39-32(8)43(34(10)47(61-39)24-22-29(5)48(59,62-47)33(9)36(50)12-2)60-40(53)21-18-27(3)41(54)31(7)37(51)26-38(52)42(55)45(46)57/h13-15,17-18,21,27-39,41-45,49-52,54-59H,11-12,16,19-20,22-26H2,1-10H3/b14-13+,17-15+,21-18+. The number of ether oxygens (including phenoxy) is 3. The van der Waals surface area contributed by atoms with E-state index in [1.165, 1.54) is 12.2 Å². The number of aliphatic hydroxyl groups excluding tert-OH is 8. The van der Waals surface area contributed by atoms with Crippen molar-refractivity contribution in [2.45, 2.75) is 212 Å². The van der Waals surface area contributed by atoms with Gasteiger partial charge in [0.2, 0.25) is 0 Å². The van der Waals surface area contributed by atoms with E-state index in [1.807, 2.05) is 45.9 Å². The van der Waals surface area contributed by atoms with Gasteiger partial charge in [0.1, 0.15) is 23.9 Å². The Hall–Kier alpha value is -1.79. The molecule has 0 aromatic rings. The number of carbonyl (C=O) groups is 1. The number of hydrogen-bond acceptors (Lipinski definition) is 14. The molecule has 2 saturated heterocycles. The number of carbonyl (C=O) groups excluding carboxylic acids is 1. The molecule has 3 aliphatic heterocycles. The Kier molecular flexibility index (Phi) is 20.8. The molecule has 21 unspecified atom stereocenters.